The number of sulfonamides is 1. The molecule has 0 spiro atoms. The van der Waals surface area contributed by atoms with E-state index in [0.717, 1.165) is 4.31 Å². The van der Waals surface area contributed by atoms with E-state index in [1.807, 2.05) is 6.92 Å². The number of aliphatic hydroxyl groups is 1. The highest BCUT2D eigenvalue weighted by Gasteiger charge is 2.24. The molecule has 8 nitrogen and oxygen atoms in total. The third-order valence-corrected chi connectivity index (χ3v) is 6.00. The zero-order chi connectivity index (χ0) is 19.6. The van der Waals surface area contributed by atoms with Crippen LogP contribution in [0.2, 0.25) is 0 Å². The lowest BCUT2D eigenvalue weighted by Gasteiger charge is -2.21. The number of H-pyrrole nitrogens is 2. The molecule has 0 amide bonds. The van der Waals surface area contributed by atoms with Crippen LogP contribution < -0.4 is 10.4 Å². The van der Waals surface area contributed by atoms with Gasteiger partial charge < -0.3 is 19.8 Å². The summed E-state index contributed by atoms with van der Waals surface area (Å²) < 4.78 is 32.1. The predicted octanol–water partition coefficient (Wildman–Crippen LogP) is 1.61. The normalized spacial score (nSPS) is 13.2. The van der Waals surface area contributed by atoms with Crippen molar-refractivity contribution in [2.45, 2.75) is 17.9 Å². The van der Waals surface area contributed by atoms with Gasteiger partial charge in [-0.3, -0.25) is 0 Å². The second kappa shape index (κ2) is 7.55. The molecule has 144 valence electrons. The van der Waals surface area contributed by atoms with Gasteiger partial charge in [-0.2, -0.15) is 4.31 Å². The van der Waals surface area contributed by atoms with E-state index in [9.17, 15) is 18.3 Å². The molecule has 0 fully saturated rings. The molecule has 0 unspecified atom stereocenters. The second-order valence-corrected chi connectivity index (χ2v) is 8.14. The summed E-state index contributed by atoms with van der Waals surface area (Å²) >= 11 is 0. The lowest BCUT2D eigenvalue weighted by atomic mass is 10.1. The van der Waals surface area contributed by atoms with Gasteiger partial charge >= 0.3 is 5.69 Å². The summed E-state index contributed by atoms with van der Waals surface area (Å²) in [7, 11) is -2.44. The Labute approximate surface area is 156 Å². The maximum Gasteiger partial charge on any atom is 0.323 e. The summed E-state index contributed by atoms with van der Waals surface area (Å²) in [5.74, 6) is 0.612. The summed E-state index contributed by atoms with van der Waals surface area (Å²) in [6, 6.07) is 11.2. The van der Waals surface area contributed by atoms with Crippen molar-refractivity contribution in [1.82, 2.24) is 14.3 Å². The molecular weight excluding hydrogens is 370 g/mol. The van der Waals surface area contributed by atoms with Crippen molar-refractivity contribution in [2.75, 3.05) is 20.2 Å². The molecule has 0 saturated carbocycles. The third-order valence-electron chi connectivity index (χ3n) is 4.18. The van der Waals surface area contributed by atoms with Crippen LogP contribution in [0.5, 0.6) is 5.75 Å². The standard InChI is InChI=1S/C18H21N3O5S/c1-3-26-13-6-4-5-12(9-13)17(22)11-21(2)27(24,25)14-7-8-15-16(10-14)20-18(23)19-15/h4-10,17,22H,3,11H2,1-2H3,(H2,19,20,23)/t17-/m1/s1. The molecule has 1 atom stereocenters. The molecule has 3 rings (SSSR count). The Bertz CT molecular complexity index is 1100. The summed E-state index contributed by atoms with van der Waals surface area (Å²) in [4.78, 5) is 16.5. The highest BCUT2D eigenvalue weighted by Crippen LogP contribution is 2.23. The van der Waals surface area contributed by atoms with Crippen molar-refractivity contribution in [3.8, 4) is 5.75 Å². The Balaban J connectivity index is 1.81. The van der Waals surface area contributed by atoms with E-state index in [1.54, 1.807) is 24.3 Å². The number of fused-ring (bicyclic) bond motifs is 1. The summed E-state index contributed by atoms with van der Waals surface area (Å²) in [6.45, 7) is 2.23. The number of ether oxygens (including phenoxy) is 1. The number of imidazole rings is 1. The Morgan fingerprint density at radius 1 is 1.15 bits per heavy atom. The maximum atomic E-state index is 12.8. The average molecular weight is 391 g/mol. The number of hydrogen-bond donors (Lipinski definition) is 3. The number of aromatic amines is 2. The van der Waals surface area contributed by atoms with Crippen molar-refractivity contribution in [1.29, 1.82) is 0 Å². The number of hydrogen-bond acceptors (Lipinski definition) is 5. The predicted molar refractivity (Wildman–Crippen MR) is 101 cm³/mol. The number of aliphatic hydroxyl groups excluding tert-OH is 1. The first kappa shape index (κ1) is 19.2. The van der Waals surface area contributed by atoms with Gasteiger partial charge in [0.1, 0.15) is 5.75 Å². The lowest BCUT2D eigenvalue weighted by molar-refractivity contribution is 0.154. The minimum absolute atomic E-state index is 0.0306. The van der Waals surface area contributed by atoms with E-state index in [1.165, 1.54) is 25.2 Å². The van der Waals surface area contributed by atoms with E-state index in [4.69, 9.17) is 4.74 Å². The monoisotopic (exact) mass is 391 g/mol. The Morgan fingerprint density at radius 3 is 2.63 bits per heavy atom. The second-order valence-electron chi connectivity index (χ2n) is 6.09. The fraction of sp³-hybridized carbons (Fsp3) is 0.278. The zero-order valence-electron chi connectivity index (χ0n) is 15.0. The minimum Gasteiger partial charge on any atom is -0.494 e. The van der Waals surface area contributed by atoms with Crippen LogP contribution in [-0.4, -0.2) is 48.0 Å². The van der Waals surface area contributed by atoms with E-state index >= 15 is 0 Å². The van der Waals surface area contributed by atoms with Gasteiger partial charge in [-0.15, -0.1) is 0 Å². The Morgan fingerprint density at radius 2 is 1.89 bits per heavy atom. The number of rotatable bonds is 7. The van der Waals surface area contributed by atoms with Crippen LogP contribution in [0.25, 0.3) is 11.0 Å². The van der Waals surface area contributed by atoms with Crippen molar-refractivity contribution < 1.29 is 18.3 Å². The van der Waals surface area contributed by atoms with Gasteiger partial charge in [0.25, 0.3) is 0 Å². The van der Waals surface area contributed by atoms with Crippen LogP contribution in [0.4, 0.5) is 0 Å². The largest absolute Gasteiger partial charge is 0.494 e. The van der Waals surface area contributed by atoms with Crippen LogP contribution in [0.15, 0.2) is 52.2 Å². The molecule has 9 heteroatoms. The Kier molecular flexibility index (Phi) is 5.36. The van der Waals surface area contributed by atoms with Gasteiger partial charge in [0.05, 0.1) is 28.6 Å². The Hall–Kier alpha value is -2.62. The van der Waals surface area contributed by atoms with Crippen molar-refractivity contribution in [2.24, 2.45) is 0 Å². The third kappa shape index (κ3) is 4.05. The molecule has 1 heterocycles. The highest BCUT2D eigenvalue weighted by atomic mass is 32.2. The first-order valence-electron chi connectivity index (χ1n) is 8.40. The van der Waals surface area contributed by atoms with Crippen molar-refractivity contribution in [3.63, 3.8) is 0 Å². The average Bonchev–Trinajstić information content (AvgIpc) is 3.01. The first-order valence-corrected chi connectivity index (χ1v) is 9.84. The van der Waals surface area contributed by atoms with Gasteiger partial charge in [0.15, 0.2) is 0 Å². The molecule has 2 aromatic carbocycles. The topological polar surface area (TPSA) is 115 Å². The molecule has 27 heavy (non-hydrogen) atoms. The maximum absolute atomic E-state index is 12.8. The first-order chi connectivity index (χ1) is 12.8. The van der Waals surface area contributed by atoms with Gasteiger partial charge in [0, 0.05) is 13.6 Å². The number of nitrogens with one attached hydrogen (secondary N) is 2. The minimum atomic E-state index is -3.84. The molecule has 1 aromatic heterocycles. The molecule has 0 aliphatic heterocycles. The summed E-state index contributed by atoms with van der Waals surface area (Å²) in [5, 5.41) is 10.5. The van der Waals surface area contributed by atoms with Gasteiger partial charge in [-0.25, -0.2) is 13.2 Å². The summed E-state index contributed by atoms with van der Waals surface area (Å²) in [5.41, 5.74) is 1.08. The fourth-order valence-corrected chi connectivity index (χ4v) is 3.98. The lowest BCUT2D eigenvalue weighted by Crippen LogP contribution is -2.31. The molecule has 0 saturated heterocycles. The van der Waals surface area contributed by atoms with Gasteiger partial charge in [-0.1, -0.05) is 12.1 Å². The SMILES string of the molecule is CCOc1cccc([C@H](O)CN(C)S(=O)(=O)c2ccc3[nH]c(=O)[nH]c3c2)c1. The smallest absolute Gasteiger partial charge is 0.323 e. The number of likely N-dealkylation sites (N-methyl/N-ethyl adjacent to an activating group) is 1. The molecule has 0 aliphatic carbocycles. The molecule has 0 aliphatic rings. The molecular formula is C18H21N3O5S. The van der Waals surface area contributed by atoms with E-state index in [0.29, 0.717) is 29.0 Å². The van der Waals surface area contributed by atoms with E-state index in [2.05, 4.69) is 9.97 Å². The zero-order valence-corrected chi connectivity index (χ0v) is 15.8. The van der Waals surface area contributed by atoms with Gasteiger partial charge in [0.2, 0.25) is 10.0 Å². The number of aromatic nitrogens is 2. The van der Waals surface area contributed by atoms with Crippen molar-refractivity contribution in [3.05, 3.63) is 58.5 Å². The van der Waals surface area contributed by atoms with Gasteiger partial charge in [-0.05, 0) is 42.8 Å². The van der Waals surface area contributed by atoms with Crippen LogP contribution in [-0.2, 0) is 10.0 Å². The molecule has 3 aromatic rings. The summed E-state index contributed by atoms with van der Waals surface area (Å²) in [6.07, 6.45) is -1.01. The fourth-order valence-electron chi connectivity index (χ4n) is 2.78. The van der Waals surface area contributed by atoms with Crippen LogP contribution in [0.3, 0.4) is 0 Å². The van der Waals surface area contributed by atoms with Crippen molar-refractivity contribution >= 4 is 21.1 Å². The molecule has 0 bridgehead atoms. The quantitative estimate of drug-likeness (QED) is 0.566. The van der Waals surface area contributed by atoms with Crippen LogP contribution in [0.1, 0.15) is 18.6 Å². The number of benzene rings is 2. The van der Waals surface area contributed by atoms with Crippen LogP contribution >= 0.6 is 0 Å². The van der Waals surface area contributed by atoms with E-state index in [-0.39, 0.29) is 11.4 Å². The highest BCUT2D eigenvalue weighted by molar-refractivity contribution is 7.89. The van der Waals surface area contributed by atoms with E-state index < -0.39 is 21.8 Å². The molecule has 0 radical (unpaired) electrons. The number of nitrogens with zero attached hydrogens (tertiary/aromatic N) is 1. The molecule has 3 N–H and O–H groups in total. The van der Waals surface area contributed by atoms with Crippen LogP contribution in [0, 0.1) is 0 Å².